The number of hydrogen-bond donors (Lipinski definition) is 1. The standard InChI is InChI=1S/C23H39N3O4/c1-4-24-23(26-10-9-22(17-26)19-29-12-11-27-3)25-16-20-7-6-8-21(15-20)18-30-14-13-28-5-2/h6-8,15,22H,4-5,9-14,16-19H2,1-3H3,(H,24,25). The molecule has 1 aliphatic rings. The van der Waals surface area contributed by atoms with E-state index in [4.69, 9.17) is 23.9 Å². The third kappa shape index (κ3) is 9.43. The van der Waals surface area contributed by atoms with E-state index >= 15 is 0 Å². The number of ether oxygens (including phenoxy) is 4. The van der Waals surface area contributed by atoms with Gasteiger partial charge in [-0.15, -0.1) is 0 Å². The van der Waals surface area contributed by atoms with Crippen molar-refractivity contribution in [2.45, 2.75) is 33.4 Å². The number of nitrogens with zero attached hydrogens (tertiary/aromatic N) is 2. The second kappa shape index (κ2) is 15.2. The number of nitrogens with one attached hydrogen (secondary N) is 1. The second-order valence-corrected chi connectivity index (χ2v) is 7.41. The SMILES string of the molecule is CCNC(=NCc1cccc(COCCOCC)c1)N1CCC(COCCOC)C1. The zero-order valence-electron chi connectivity index (χ0n) is 18.9. The Morgan fingerprint density at radius 3 is 2.70 bits per heavy atom. The zero-order valence-corrected chi connectivity index (χ0v) is 18.9. The Balaban J connectivity index is 1.83. The van der Waals surface area contributed by atoms with Crippen molar-refractivity contribution in [3.63, 3.8) is 0 Å². The number of guanidine groups is 1. The molecule has 0 aromatic heterocycles. The summed E-state index contributed by atoms with van der Waals surface area (Å²) in [6, 6.07) is 8.45. The minimum absolute atomic E-state index is 0.544. The fourth-order valence-electron chi connectivity index (χ4n) is 3.42. The minimum Gasteiger partial charge on any atom is -0.382 e. The summed E-state index contributed by atoms with van der Waals surface area (Å²) in [4.78, 5) is 7.22. The first-order chi connectivity index (χ1) is 14.8. The topological polar surface area (TPSA) is 64.6 Å². The fraction of sp³-hybridized carbons (Fsp3) is 0.696. The van der Waals surface area contributed by atoms with Crippen LogP contribution in [0.1, 0.15) is 31.4 Å². The maximum Gasteiger partial charge on any atom is 0.194 e. The van der Waals surface area contributed by atoms with E-state index in [2.05, 4.69) is 41.4 Å². The minimum atomic E-state index is 0.544. The van der Waals surface area contributed by atoms with Crippen molar-refractivity contribution in [1.29, 1.82) is 0 Å². The Bertz CT molecular complexity index is 612. The van der Waals surface area contributed by atoms with Crippen LogP contribution < -0.4 is 5.32 Å². The molecule has 1 aromatic carbocycles. The second-order valence-electron chi connectivity index (χ2n) is 7.41. The van der Waals surface area contributed by atoms with Crippen LogP contribution >= 0.6 is 0 Å². The smallest absolute Gasteiger partial charge is 0.194 e. The number of hydrogen-bond acceptors (Lipinski definition) is 5. The number of benzene rings is 1. The van der Waals surface area contributed by atoms with Gasteiger partial charge in [-0.3, -0.25) is 0 Å². The van der Waals surface area contributed by atoms with Gasteiger partial charge in [-0.05, 0) is 31.4 Å². The molecule has 7 nitrogen and oxygen atoms in total. The van der Waals surface area contributed by atoms with Crippen LogP contribution in [0.4, 0.5) is 0 Å². The first kappa shape index (κ1) is 24.6. The predicted octanol–water partition coefficient (Wildman–Crippen LogP) is 2.69. The molecule has 1 atom stereocenters. The fourth-order valence-corrected chi connectivity index (χ4v) is 3.42. The molecular weight excluding hydrogens is 382 g/mol. The van der Waals surface area contributed by atoms with E-state index < -0.39 is 0 Å². The summed E-state index contributed by atoms with van der Waals surface area (Å²) < 4.78 is 21.7. The molecule has 1 unspecified atom stereocenters. The molecule has 0 radical (unpaired) electrons. The molecule has 0 aliphatic carbocycles. The molecule has 7 heteroatoms. The molecule has 1 N–H and O–H groups in total. The molecule has 1 aromatic rings. The van der Waals surface area contributed by atoms with Crippen molar-refractivity contribution in [2.24, 2.45) is 10.9 Å². The van der Waals surface area contributed by atoms with E-state index in [9.17, 15) is 0 Å². The average Bonchev–Trinajstić information content (AvgIpc) is 3.23. The molecule has 2 rings (SSSR count). The number of aliphatic imine (C=N–C) groups is 1. The highest BCUT2D eigenvalue weighted by Crippen LogP contribution is 2.17. The first-order valence-electron chi connectivity index (χ1n) is 11.1. The van der Waals surface area contributed by atoms with E-state index in [1.165, 1.54) is 11.1 Å². The summed E-state index contributed by atoms with van der Waals surface area (Å²) in [5.41, 5.74) is 2.36. The van der Waals surface area contributed by atoms with Gasteiger partial charge in [-0.2, -0.15) is 0 Å². The quantitative estimate of drug-likeness (QED) is 0.283. The number of likely N-dealkylation sites (tertiary alicyclic amines) is 1. The molecule has 170 valence electrons. The molecule has 0 bridgehead atoms. The highest BCUT2D eigenvalue weighted by molar-refractivity contribution is 5.80. The molecule has 0 amide bonds. The normalized spacial score (nSPS) is 17.0. The van der Waals surface area contributed by atoms with E-state index in [1.54, 1.807) is 7.11 Å². The van der Waals surface area contributed by atoms with Crippen molar-refractivity contribution >= 4 is 5.96 Å². The third-order valence-electron chi connectivity index (χ3n) is 4.95. The molecule has 30 heavy (non-hydrogen) atoms. The lowest BCUT2D eigenvalue weighted by Gasteiger charge is -2.21. The summed E-state index contributed by atoms with van der Waals surface area (Å²) >= 11 is 0. The Morgan fingerprint density at radius 2 is 1.90 bits per heavy atom. The van der Waals surface area contributed by atoms with Gasteiger partial charge in [0.05, 0.1) is 46.2 Å². The third-order valence-corrected chi connectivity index (χ3v) is 4.95. The lowest BCUT2D eigenvalue weighted by atomic mass is 10.1. The summed E-state index contributed by atoms with van der Waals surface area (Å²) in [6.07, 6.45) is 1.13. The van der Waals surface area contributed by atoms with Gasteiger partial charge < -0.3 is 29.2 Å². The molecule has 1 aliphatic heterocycles. The number of methoxy groups -OCH3 is 1. The Morgan fingerprint density at radius 1 is 1.10 bits per heavy atom. The highest BCUT2D eigenvalue weighted by atomic mass is 16.5. The van der Waals surface area contributed by atoms with Crippen molar-refractivity contribution in [2.75, 3.05) is 66.4 Å². The van der Waals surface area contributed by atoms with Crippen molar-refractivity contribution in [1.82, 2.24) is 10.2 Å². The van der Waals surface area contributed by atoms with Crippen LogP contribution in [-0.4, -0.2) is 77.2 Å². The maximum atomic E-state index is 5.71. The van der Waals surface area contributed by atoms with Gasteiger partial charge >= 0.3 is 0 Å². The van der Waals surface area contributed by atoms with Crippen LogP contribution in [-0.2, 0) is 32.1 Å². The van der Waals surface area contributed by atoms with Crippen molar-refractivity contribution < 1.29 is 18.9 Å². The lowest BCUT2D eigenvalue weighted by molar-refractivity contribution is 0.0453. The van der Waals surface area contributed by atoms with E-state index in [0.717, 1.165) is 45.2 Å². The van der Waals surface area contributed by atoms with E-state index in [-0.39, 0.29) is 0 Å². The van der Waals surface area contributed by atoms with Crippen LogP contribution in [0.2, 0.25) is 0 Å². The van der Waals surface area contributed by atoms with Gasteiger partial charge in [-0.25, -0.2) is 4.99 Å². The monoisotopic (exact) mass is 421 g/mol. The molecule has 1 heterocycles. The highest BCUT2D eigenvalue weighted by Gasteiger charge is 2.24. The summed E-state index contributed by atoms with van der Waals surface area (Å²) in [5, 5.41) is 3.44. The van der Waals surface area contributed by atoms with Gasteiger partial charge in [-0.1, -0.05) is 24.3 Å². The Hall–Kier alpha value is -1.67. The van der Waals surface area contributed by atoms with Gasteiger partial charge in [0, 0.05) is 39.3 Å². The average molecular weight is 422 g/mol. The van der Waals surface area contributed by atoms with Crippen LogP contribution in [0, 0.1) is 5.92 Å². The largest absolute Gasteiger partial charge is 0.382 e. The molecule has 1 fully saturated rings. The van der Waals surface area contributed by atoms with Gasteiger partial charge in [0.2, 0.25) is 0 Å². The van der Waals surface area contributed by atoms with Crippen molar-refractivity contribution in [3.8, 4) is 0 Å². The number of rotatable bonds is 14. The lowest BCUT2D eigenvalue weighted by Crippen LogP contribution is -2.40. The Kier molecular flexibility index (Phi) is 12.4. The predicted molar refractivity (Wildman–Crippen MR) is 120 cm³/mol. The summed E-state index contributed by atoms with van der Waals surface area (Å²) in [5.74, 6) is 1.53. The Labute approximate surface area is 181 Å². The maximum absolute atomic E-state index is 5.71. The van der Waals surface area contributed by atoms with Crippen LogP contribution in [0.15, 0.2) is 29.3 Å². The van der Waals surface area contributed by atoms with Crippen LogP contribution in [0.25, 0.3) is 0 Å². The molecular formula is C23H39N3O4. The molecule has 0 spiro atoms. The summed E-state index contributed by atoms with van der Waals surface area (Å²) in [7, 11) is 1.70. The molecule has 1 saturated heterocycles. The molecule has 0 saturated carbocycles. The first-order valence-corrected chi connectivity index (χ1v) is 11.1. The van der Waals surface area contributed by atoms with Crippen LogP contribution in [0.3, 0.4) is 0 Å². The zero-order chi connectivity index (χ0) is 21.4. The summed E-state index contributed by atoms with van der Waals surface area (Å²) in [6.45, 7) is 12.3. The van der Waals surface area contributed by atoms with E-state index in [0.29, 0.717) is 45.5 Å². The van der Waals surface area contributed by atoms with Gasteiger partial charge in [0.25, 0.3) is 0 Å². The van der Waals surface area contributed by atoms with Crippen molar-refractivity contribution in [3.05, 3.63) is 35.4 Å². The van der Waals surface area contributed by atoms with E-state index in [1.807, 2.05) is 6.92 Å². The van der Waals surface area contributed by atoms with Gasteiger partial charge in [0.1, 0.15) is 0 Å². The van der Waals surface area contributed by atoms with Crippen LogP contribution in [0.5, 0.6) is 0 Å². The van der Waals surface area contributed by atoms with Gasteiger partial charge in [0.15, 0.2) is 5.96 Å².